The van der Waals surface area contributed by atoms with Gasteiger partial charge in [0.1, 0.15) is 41.1 Å². The number of aliphatic hydroxyl groups is 4. The van der Waals surface area contributed by atoms with Crippen molar-refractivity contribution in [3.8, 4) is 40.1 Å². The number of phenols is 4. The van der Waals surface area contributed by atoms with Crippen molar-refractivity contribution >= 4 is 11.0 Å². The molecule has 12 nitrogen and oxygen atoms in total. The molecule has 0 radical (unpaired) electrons. The summed E-state index contributed by atoms with van der Waals surface area (Å²) in [6.07, 6.45) is -8.25. The van der Waals surface area contributed by atoms with E-state index in [4.69, 9.17) is 13.9 Å². The molecule has 1 fully saturated rings. The number of aliphatic hydroxyl groups excluding tert-OH is 4. The van der Waals surface area contributed by atoms with Gasteiger partial charge in [0, 0.05) is 17.7 Å². The van der Waals surface area contributed by atoms with Gasteiger partial charge in [0.15, 0.2) is 28.4 Å². The molecular formula is C21H20O12. The van der Waals surface area contributed by atoms with Gasteiger partial charge in [-0.3, -0.25) is 4.79 Å². The monoisotopic (exact) mass is 464 g/mol. The fraction of sp³-hybridized carbons (Fsp3) is 0.286. The third-order valence-corrected chi connectivity index (χ3v) is 5.27. The van der Waals surface area contributed by atoms with E-state index in [1.807, 2.05) is 0 Å². The quantitative estimate of drug-likeness (QED) is 0.229. The molecule has 2 aromatic carbocycles. The van der Waals surface area contributed by atoms with Gasteiger partial charge in [0.05, 0.1) is 6.61 Å². The number of fused-ring (bicyclic) bond motifs is 1. The number of ether oxygens (including phenoxy) is 2. The first-order valence-electron chi connectivity index (χ1n) is 9.64. The van der Waals surface area contributed by atoms with Gasteiger partial charge in [-0.15, -0.1) is 0 Å². The summed E-state index contributed by atoms with van der Waals surface area (Å²) in [5, 5.41) is 78.8. The van der Waals surface area contributed by atoms with E-state index in [0.29, 0.717) is 0 Å². The van der Waals surface area contributed by atoms with E-state index in [1.54, 1.807) is 0 Å². The van der Waals surface area contributed by atoms with Crippen LogP contribution in [0.3, 0.4) is 0 Å². The summed E-state index contributed by atoms with van der Waals surface area (Å²) in [5.74, 6) is -3.11. The number of benzene rings is 2. The van der Waals surface area contributed by atoms with E-state index in [2.05, 4.69) is 0 Å². The van der Waals surface area contributed by atoms with E-state index < -0.39 is 65.7 Å². The van der Waals surface area contributed by atoms with Crippen LogP contribution in [0.5, 0.6) is 28.7 Å². The second kappa shape index (κ2) is 8.42. The Hall–Kier alpha value is -3.55. The standard InChI is InChI=1S/C21H20O12/c22-6-14-16(27)18(29)19(30)21(32-14)33-20-11(26)5-13-15(17(20)28)10(25)4-12(31-13)7-1-2-8(23)9(24)3-7/h1-5,14,16,18-19,21-24,26-30H,6H2/t14?,16-,18+,19?,21+/m1/s1. The van der Waals surface area contributed by atoms with Crippen LogP contribution in [-0.2, 0) is 4.74 Å². The average molecular weight is 464 g/mol. The van der Waals surface area contributed by atoms with Crippen LogP contribution in [0.25, 0.3) is 22.3 Å². The minimum atomic E-state index is -1.82. The maximum absolute atomic E-state index is 12.7. The predicted molar refractivity (Wildman–Crippen MR) is 109 cm³/mol. The van der Waals surface area contributed by atoms with Crippen LogP contribution < -0.4 is 10.2 Å². The lowest BCUT2D eigenvalue weighted by Crippen LogP contribution is -2.60. The van der Waals surface area contributed by atoms with Gasteiger partial charge < -0.3 is 54.7 Å². The molecule has 1 saturated heterocycles. The van der Waals surface area contributed by atoms with Gasteiger partial charge in [0.2, 0.25) is 12.0 Å². The second-order valence-corrected chi connectivity index (χ2v) is 7.44. The van der Waals surface area contributed by atoms with Crippen molar-refractivity contribution in [3.05, 3.63) is 40.6 Å². The van der Waals surface area contributed by atoms with Crippen LogP contribution in [-0.4, -0.2) is 78.2 Å². The Bertz CT molecular complexity index is 1250. The summed E-state index contributed by atoms with van der Waals surface area (Å²) >= 11 is 0. The number of aromatic hydroxyl groups is 4. The molecule has 0 spiro atoms. The van der Waals surface area contributed by atoms with Crippen LogP contribution in [0.4, 0.5) is 0 Å². The number of hydrogen-bond acceptors (Lipinski definition) is 12. The Labute approximate surface area is 184 Å². The highest BCUT2D eigenvalue weighted by Crippen LogP contribution is 2.43. The summed E-state index contributed by atoms with van der Waals surface area (Å²) < 4.78 is 16.0. The van der Waals surface area contributed by atoms with Crippen molar-refractivity contribution in [3.63, 3.8) is 0 Å². The molecule has 1 aromatic heterocycles. The molecule has 0 aliphatic carbocycles. The van der Waals surface area contributed by atoms with Gasteiger partial charge in [-0.25, -0.2) is 0 Å². The lowest BCUT2D eigenvalue weighted by atomic mass is 9.99. The first-order chi connectivity index (χ1) is 15.6. The van der Waals surface area contributed by atoms with E-state index >= 15 is 0 Å². The van der Waals surface area contributed by atoms with Crippen molar-refractivity contribution in [2.24, 2.45) is 0 Å². The van der Waals surface area contributed by atoms with E-state index in [-0.39, 0.29) is 28.0 Å². The Kier molecular flexibility index (Phi) is 5.78. The first-order valence-corrected chi connectivity index (χ1v) is 9.64. The summed E-state index contributed by atoms with van der Waals surface area (Å²) in [6.45, 7) is -0.723. The van der Waals surface area contributed by atoms with Crippen LogP contribution in [0.2, 0.25) is 0 Å². The van der Waals surface area contributed by atoms with Gasteiger partial charge in [-0.05, 0) is 18.2 Å². The summed E-state index contributed by atoms with van der Waals surface area (Å²) in [7, 11) is 0. The minimum absolute atomic E-state index is 0.0378. The van der Waals surface area contributed by atoms with Crippen molar-refractivity contribution in [2.75, 3.05) is 6.61 Å². The maximum Gasteiger partial charge on any atom is 0.229 e. The fourth-order valence-electron chi connectivity index (χ4n) is 3.49. The lowest BCUT2D eigenvalue weighted by Gasteiger charge is -2.39. The summed E-state index contributed by atoms with van der Waals surface area (Å²) in [4.78, 5) is 12.7. The third-order valence-electron chi connectivity index (χ3n) is 5.27. The Morgan fingerprint density at radius 2 is 1.61 bits per heavy atom. The third kappa shape index (κ3) is 3.90. The lowest BCUT2D eigenvalue weighted by molar-refractivity contribution is -0.277. The van der Waals surface area contributed by atoms with Crippen LogP contribution in [0.1, 0.15) is 0 Å². The SMILES string of the molecule is O=c1cc(-c2ccc(O)c(O)c2)oc2cc(O)c(O[C@@H]3OC(CO)[C@@H](O)[C@H](O)C3O)c(O)c12. The fourth-order valence-corrected chi connectivity index (χ4v) is 3.49. The number of rotatable bonds is 4. The highest BCUT2D eigenvalue weighted by Gasteiger charge is 2.45. The molecule has 2 heterocycles. The Balaban J connectivity index is 1.75. The highest BCUT2D eigenvalue weighted by atomic mass is 16.7. The van der Waals surface area contributed by atoms with E-state index in [9.17, 15) is 45.6 Å². The number of hydrogen-bond donors (Lipinski definition) is 8. The molecule has 1 aliphatic heterocycles. The predicted octanol–water partition coefficient (Wildman–Crippen LogP) is -0.539. The van der Waals surface area contributed by atoms with E-state index in [1.165, 1.54) is 12.1 Å². The molecule has 0 amide bonds. The molecule has 1 aliphatic rings. The van der Waals surface area contributed by atoms with Crippen molar-refractivity contribution in [2.45, 2.75) is 30.7 Å². The molecule has 0 bridgehead atoms. The zero-order valence-electron chi connectivity index (χ0n) is 16.7. The van der Waals surface area contributed by atoms with Gasteiger partial charge >= 0.3 is 0 Å². The smallest absolute Gasteiger partial charge is 0.229 e. The summed E-state index contributed by atoms with van der Waals surface area (Å²) in [5.41, 5.74) is -0.777. The second-order valence-electron chi connectivity index (χ2n) is 7.44. The molecule has 176 valence electrons. The average Bonchev–Trinajstić information content (AvgIpc) is 2.77. The minimum Gasteiger partial charge on any atom is -0.504 e. The molecule has 3 aromatic rings. The van der Waals surface area contributed by atoms with Gasteiger partial charge in [-0.1, -0.05) is 0 Å². The Morgan fingerprint density at radius 3 is 2.27 bits per heavy atom. The summed E-state index contributed by atoms with van der Waals surface area (Å²) in [6, 6.07) is 5.66. The number of phenolic OH excluding ortho intramolecular Hbond substituents is 4. The van der Waals surface area contributed by atoms with Gasteiger partial charge in [0.25, 0.3) is 0 Å². The van der Waals surface area contributed by atoms with Crippen LogP contribution in [0, 0.1) is 0 Å². The zero-order chi connectivity index (χ0) is 24.0. The van der Waals surface area contributed by atoms with Crippen LogP contribution >= 0.6 is 0 Å². The molecule has 12 heteroatoms. The molecule has 5 atom stereocenters. The highest BCUT2D eigenvalue weighted by molar-refractivity contribution is 5.89. The molecule has 33 heavy (non-hydrogen) atoms. The molecule has 8 N–H and O–H groups in total. The maximum atomic E-state index is 12.7. The first kappa shape index (κ1) is 22.6. The Morgan fingerprint density at radius 1 is 0.879 bits per heavy atom. The normalized spacial score (nSPS) is 25.3. The molecule has 0 saturated carbocycles. The molecule has 4 rings (SSSR count). The topological polar surface area (TPSA) is 211 Å². The van der Waals surface area contributed by atoms with E-state index in [0.717, 1.165) is 18.2 Å². The largest absolute Gasteiger partial charge is 0.504 e. The molecule has 2 unspecified atom stereocenters. The zero-order valence-corrected chi connectivity index (χ0v) is 16.7. The van der Waals surface area contributed by atoms with Gasteiger partial charge in [-0.2, -0.15) is 0 Å². The molecular weight excluding hydrogens is 444 g/mol. The van der Waals surface area contributed by atoms with Crippen molar-refractivity contribution in [1.82, 2.24) is 0 Å². The van der Waals surface area contributed by atoms with Crippen molar-refractivity contribution in [1.29, 1.82) is 0 Å². The van der Waals surface area contributed by atoms with Crippen LogP contribution in [0.15, 0.2) is 39.5 Å². The van der Waals surface area contributed by atoms with Crippen molar-refractivity contribution < 1.29 is 54.7 Å².